The molecule has 2 unspecified atom stereocenters. The zero-order valence-electron chi connectivity index (χ0n) is 33.8. The van der Waals surface area contributed by atoms with Gasteiger partial charge in [-0.1, -0.05) is 26.8 Å². The third-order valence-electron chi connectivity index (χ3n) is 12.0. The maximum absolute atomic E-state index is 13.9. The van der Waals surface area contributed by atoms with Crippen LogP contribution in [0, 0.1) is 23.2 Å². The summed E-state index contributed by atoms with van der Waals surface area (Å²) in [4.78, 5) is 52.4. The number of amides is 2. The smallest absolute Gasteiger partial charge is 0.305 e. The summed E-state index contributed by atoms with van der Waals surface area (Å²) in [7, 11) is 1.71. The number of cyclic esters (lactones) is 1. The van der Waals surface area contributed by atoms with Crippen molar-refractivity contribution in [2.45, 2.75) is 98.3 Å². The topological polar surface area (TPSA) is 125 Å². The van der Waals surface area contributed by atoms with E-state index in [1.165, 1.54) is 0 Å². The molecule has 3 aliphatic rings. The van der Waals surface area contributed by atoms with Gasteiger partial charge in [0.05, 0.1) is 46.8 Å². The summed E-state index contributed by atoms with van der Waals surface area (Å²) in [5.41, 5.74) is 6.74. The van der Waals surface area contributed by atoms with Crippen LogP contribution in [0.5, 0.6) is 0 Å². The lowest BCUT2D eigenvalue weighted by atomic mass is 9.84. The monoisotopic (exact) mass is 783 g/mol. The Bertz CT molecular complexity index is 2050. The van der Waals surface area contributed by atoms with Crippen molar-refractivity contribution in [3.05, 3.63) is 58.2 Å². The van der Waals surface area contributed by atoms with Gasteiger partial charge >= 0.3 is 5.97 Å². The lowest BCUT2D eigenvalue weighted by Crippen LogP contribution is -2.38. The van der Waals surface area contributed by atoms with Gasteiger partial charge in [0.15, 0.2) is 0 Å². The molecule has 2 amide bonds. The van der Waals surface area contributed by atoms with Crippen molar-refractivity contribution >= 4 is 40.0 Å². The van der Waals surface area contributed by atoms with Crippen molar-refractivity contribution in [3.8, 4) is 22.5 Å². The number of pyridine rings is 1. The van der Waals surface area contributed by atoms with Gasteiger partial charge in [-0.15, -0.1) is 11.3 Å². The number of ether oxygens (including phenoxy) is 3. The van der Waals surface area contributed by atoms with Crippen LogP contribution in [0.2, 0.25) is 0 Å². The van der Waals surface area contributed by atoms with Crippen LogP contribution in [0.15, 0.2) is 41.9 Å². The van der Waals surface area contributed by atoms with Gasteiger partial charge in [0, 0.05) is 97.7 Å². The Kier molecular flexibility index (Phi) is 12.3. The molecule has 6 heterocycles. The van der Waals surface area contributed by atoms with E-state index in [0.29, 0.717) is 57.9 Å². The largest absolute Gasteiger partial charge is 0.465 e. The standard InChI is InChI=1S/C44H57N5O6S/c1-7-48-36-14-13-30-21-32(36)34(41(48)31-11-10-18-45-40(31)28(3)53-6)23-44(4,5)26-55-39(50)12-8-9-17-46-42(51)33(22-38-47-35(30)25-56-38)37-24-49(37)43(52)27(2)29-15-19-54-20-16-29/h10-11,13-14,18,21,25,27-29,33,37H,7-9,12,15-17,19-20,22-24,26H2,1-6H3,(H,46,51)/t27?,28-,33+,37?,49?/m0/s1. The van der Waals surface area contributed by atoms with Gasteiger partial charge in [0.1, 0.15) is 0 Å². The molecule has 1 N–H and O–H groups in total. The van der Waals surface area contributed by atoms with E-state index in [1.807, 2.05) is 31.0 Å². The van der Waals surface area contributed by atoms with E-state index < -0.39 is 5.92 Å². The van der Waals surface area contributed by atoms with Crippen LogP contribution in [-0.4, -0.2) is 83.3 Å². The highest BCUT2D eigenvalue weighted by Gasteiger charge is 2.49. The first-order valence-electron chi connectivity index (χ1n) is 20.4. The number of carbonyl (C=O) groups is 3. The zero-order chi connectivity index (χ0) is 39.6. The Morgan fingerprint density at radius 2 is 1.95 bits per heavy atom. The molecule has 7 rings (SSSR count). The molecular weight excluding hydrogens is 727 g/mol. The molecule has 4 bridgehead atoms. The molecule has 0 spiro atoms. The SMILES string of the molecule is CCn1c(-c2cccnc2[C@H](C)OC)c2c3cc(ccc31)-c1csc(n1)C[C@H](C1CN1C(=O)C(C)C1CCOCC1)C(=O)NCCCCC(=O)OCC(C)(C)C2. The summed E-state index contributed by atoms with van der Waals surface area (Å²) in [5.74, 6) is -0.407. The van der Waals surface area contributed by atoms with Crippen molar-refractivity contribution < 1.29 is 28.6 Å². The Hall–Kier alpha value is -4.13. The number of thiazole rings is 1. The van der Waals surface area contributed by atoms with Gasteiger partial charge in [-0.3, -0.25) is 19.4 Å². The van der Waals surface area contributed by atoms with Gasteiger partial charge in [0.2, 0.25) is 11.8 Å². The predicted molar refractivity (Wildman–Crippen MR) is 218 cm³/mol. The van der Waals surface area contributed by atoms with E-state index >= 15 is 0 Å². The number of fused-ring (bicyclic) bond motifs is 4. The van der Waals surface area contributed by atoms with Gasteiger partial charge in [-0.05, 0) is 81.7 Å². The first-order chi connectivity index (χ1) is 27.0. The molecule has 300 valence electrons. The van der Waals surface area contributed by atoms with E-state index in [-0.39, 0.29) is 54.3 Å². The zero-order valence-corrected chi connectivity index (χ0v) is 34.6. The molecular formula is C44H57N5O6S. The van der Waals surface area contributed by atoms with Crippen LogP contribution >= 0.6 is 11.3 Å². The molecule has 2 fully saturated rings. The van der Waals surface area contributed by atoms with Gasteiger partial charge in [-0.25, -0.2) is 4.98 Å². The highest BCUT2D eigenvalue weighted by Crippen LogP contribution is 2.42. The van der Waals surface area contributed by atoms with Crippen molar-refractivity contribution in [1.29, 1.82) is 0 Å². The fourth-order valence-electron chi connectivity index (χ4n) is 8.63. The van der Waals surface area contributed by atoms with Crippen LogP contribution in [0.1, 0.15) is 89.1 Å². The molecule has 0 radical (unpaired) electrons. The lowest BCUT2D eigenvalue weighted by molar-refractivity contribution is -0.146. The van der Waals surface area contributed by atoms with Gasteiger partial charge in [0.25, 0.3) is 0 Å². The normalized spacial score (nSPS) is 22.4. The van der Waals surface area contributed by atoms with Crippen molar-refractivity contribution in [1.82, 2.24) is 24.8 Å². The summed E-state index contributed by atoms with van der Waals surface area (Å²) in [6, 6.07) is 10.5. The van der Waals surface area contributed by atoms with E-state index in [1.54, 1.807) is 18.4 Å². The quantitative estimate of drug-likeness (QED) is 0.152. The van der Waals surface area contributed by atoms with Crippen molar-refractivity contribution in [2.24, 2.45) is 23.2 Å². The minimum absolute atomic E-state index is 0.0726. The predicted octanol–water partition coefficient (Wildman–Crippen LogP) is 7.40. The molecule has 3 aliphatic heterocycles. The summed E-state index contributed by atoms with van der Waals surface area (Å²) >= 11 is 1.57. The molecule has 11 nitrogen and oxygen atoms in total. The summed E-state index contributed by atoms with van der Waals surface area (Å²) < 4.78 is 19.6. The number of nitrogens with one attached hydrogen (secondary N) is 1. The second-order valence-electron chi connectivity index (χ2n) is 16.6. The molecule has 4 aromatic rings. The summed E-state index contributed by atoms with van der Waals surface area (Å²) in [6.07, 6.45) is 6.03. The molecule has 56 heavy (non-hydrogen) atoms. The van der Waals surface area contributed by atoms with E-state index in [9.17, 15) is 14.4 Å². The average molecular weight is 784 g/mol. The number of rotatable bonds is 7. The highest BCUT2D eigenvalue weighted by molar-refractivity contribution is 7.10. The number of nitrogens with zero attached hydrogens (tertiary/aromatic N) is 4. The Balaban J connectivity index is 1.26. The summed E-state index contributed by atoms with van der Waals surface area (Å²) in [6.45, 7) is 13.9. The second kappa shape index (κ2) is 17.2. The van der Waals surface area contributed by atoms with E-state index in [2.05, 4.69) is 60.3 Å². The van der Waals surface area contributed by atoms with Gasteiger partial charge < -0.3 is 29.0 Å². The van der Waals surface area contributed by atoms with E-state index in [0.717, 1.165) is 69.1 Å². The van der Waals surface area contributed by atoms with E-state index in [4.69, 9.17) is 24.2 Å². The number of benzene rings is 1. The minimum atomic E-state index is -0.420. The van der Waals surface area contributed by atoms with Crippen molar-refractivity contribution in [3.63, 3.8) is 0 Å². The fourth-order valence-corrected chi connectivity index (χ4v) is 9.49. The number of aryl methyl sites for hydroxylation is 1. The molecule has 2 saturated heterocycles. The first-order valence-corrected chi connectivity index (χ1v) is 21.3. The fraction of sp³-hybridized carbons (Fsp3) is 0.568. The third-order valence-corrected chi connectivity index (χ3v) is 12.9. The van der Waals surface area contributed by atoms with Crippen LogP contribution in [-0.2, 0) is 48.0 Å². The number of methoxy groups -OCH3 is 1. The highest BCUT2D eigenvalue weighted by atomic mass is 32.1. The lowest BCUT2D eigenvalue weighted by Gasteiger charge is -2.27. The van der Waals surface area contributed by atoms with Crippen LogP contribution in [0.4, 0.5) is 0 Å². The number of hydrogen-bond donors (Lipinski definition) is 1. The Labute approximate surface area is 334 Å². The maximum atomic E-state index is 13.9. The number of esters is 1. The summed E-state index contributed by atoms with van der Waals surface area (Å²) in [5, 5.41) is 7.20. The molecule has 0 saturated carbocycles. The molecule has 4 atom stereocenters. The molecule has 3 aromatic heterocycles. The molecule has 12 heteroatoms. The number of hydrogen-bond acceptors (Lipinski definition) is 9. The Morgan fingerprint density at radius 3 is 2.71 bits per heavy atom. The average Bonchev–Trinajstić information content (AvgIpc) is 3.76. The third kappa shape index (κ3) is 8.57. The van der Waals surface area contributed by atoms with Crippen LogP contribution in [0.3, 0.4) is 0 Å². The maximum Gasteiger partial charge on any atom is 0.305 e. The Morgan fingerprint density at radius 1 is 1.14 bits per heavy atom. The number of carbonyl (C=O) groups excluding carboxylic acids is 3. The molecule has 1 aromatic carbocycles. The molecule has 0 aliphatic carbocycles. The van der Waals surface area contributed by atoms with Crippen molar-refractivity contribution in [2.75, 3.05) is 40.0 Å². The van der Waals surface area contributed by atoms with Crippen LogP contribution in [0.25, 0.3) is 33.4 Å². The first kappa shape index (κ1) is 40.1. The minimum Gasteiger partial charge on any atom is -0.465 e. The van der Waals surface area contributed by atoms with Crippen LogP contribution < -0.4 is 5.32 Å². The number of aromatic nitrogens is 3. The van der Waals surface area contributed by atoms with Gasteiger partial charge in [-0.2, -0.15) is 0 Å². The second-order valence-corrected chi connectivity index (χ2v) is 17.5.